The molecule has 4 rings (SSSR count). The second kappa shape index (κ2) is 18.6. The molecule has 1 aliphatic rings. The Morgan fingerprint density at radius 3 is 2.06 bits per heavy atom. The third kappa shape index (κ3) is 11.3. The number of ether oxygens (including phenoxy) is 7. The number of hydrogen-bond donors (Lipinski definition) is 2. The molecule has 0 saturated carbocycles. The van der Waals surface area contributed by atoms with Gasteiger partial charge in [-0.05, 0) is 35.9 Å². The molecule has 2 amide bonds. The van der Waals surface area contributed by atoms with Crippen LogP contribution in [0.25, 0.3) is 0 Å². The molecule has 1 fully saturated rings. The van der Waals surface area contributed by atoms with Crippen molar-refractivity contribution >= 4 is 35.7 Å². The Bertz CT molecular complexity index is 1750. The van der Waals surface area contributed by atoms with E-state index in [0.717, 1.165) is 27.9 Å². The molecular weight excluding hydrogens is 692 g/mol. The number of methoxy groups -OCH3 is 1. The summed E-state index contributed by atoms with van der Waals surface area (Å²) in [5, 5.41) is 5.33. The number of hydrogen-bond acceptors (Lipinski definition) is 13. The van der Waals surface area contributed by atoms with Gasteiger partial charge in [0.1, 0.15) is 23.7 Å². The summed E-state index contributed by atoms with van der Waals surface area (Å²) in [6.45, 7) is 3.85. The fraction of sp³-hybridized carbons (Fsp3) is 0.368. The van der Waals surface area contributed by atoms with Gasteiger partial charge in [-0.2, -0.15) is 0 Å². The Balaban J connectivity index is 1.72. The van der Waals surface area contributed by atoms with E-state index in [9.17, 15) is 28.8 Å². The summed E-state index contributed by atoms with van der Waals surface area (Å²) >= 11 is 0. The van der Waals surface area contributed by atoms with Gasteiger partial charge in [0.05, 0.1) is 32.7 Å². The zero-order valence-corrected chi connectivity index (χ0v) is 29.9. The van der Waals surface area contributed by atoms with Crippen molar-refractivity contribution in [2.45, 2.75) is 77.0 Å². The van der Waals surface area contributed by atoms with Gasteiger partial charge in [-0.25, -0.2) is 4.79 Å². The summed E-state index contributed by atoms with van der Waals surface area (Å²) in [6.07, 6.45) is -6.55. The van der Waals surface area contributed by atoms with Crippen LogP contribution >= 0.6 is 0 Å². The SMILES string of the molecule is COC(=O)[C@]1(OCc2ccccc2)C[C@H](OC(C)=O)[C@@H](NC(C)=O)[C@H]([C@H](OC(C)=O)[C@@H](CNC(=O)c2cccc(Oc3ccccc3)c2)OC(C)=O)O1. The highest BCUT2D eigenvalue weighted by atomic mass is 16.7. The number of carbonyl (C=O) groups is 6. The minimum Gasteiger partial charge on any atom is -0.465 e. The molecule has 3 aromatic rings. The van der Waals surface area contributed by atoms with Gasteiger partial charge in [0.15, 0.2) is 12.2 Å². The van der Waals surface area contributed by atoms with E-state index in [1.54, 1.807) is 66.7 Å². The lowest BCUT2D eigenvalue weighted by Crippen LogP contribution is -2.69. The Kier molecular flexibility index (Phi) is 14.0. The molecule has 1 heterocycles. The molecule has 15 heteroatoms. The molecule has 282 valence electrons. The van der Waals surface area contributed by atoms with Crippen LogP contribution in [0.5, 0.6) is 11.5 Å². The molecule has 3 aromatic carbocycles. The van der Waals surface area contributed by atoms with Crippen molar-refractivity contribution in [2.75, 3.05) is 13.7 Å². The van der Waals surface area contributed by atoms with E-state index >= 15 is 0 Å². The van der Waals surface area contributed by atoms with Gasteiger partial charge in [-0.3, -0.25) is 24.0 Å². The normalized spacial score (nSPS) is 20.4. The summed E-state index contributed by atoms with van der Waals surface area (Å²) in [5.41, 5.74) is 0.822. The highest BCUT2D eigenvalue weighted by Crippen LogP contribution is 2.37. The van der Waals surface area contributed by atoms with Gasteiger partial charge in [0, 0.05) is 33.3 Å². The van der Waals surface area contributed by atoms with Crippen LogP contribution in [-0.4, -0.2) is 85.6 Å². The lowest BCUT2D eigenvalue weighted by molar-refractivity contribution is -0.316. The topological polar surface area (TPSA) is 191 Å². The number of esters is 4. The predicted molar refractivity (Wildman–Crippen MR) is 185 cm³/mol. The first-order valence-corrected chi connectivity index (χ1v) is 16.6. The van der Waals surface area contributed by atoms with Crippen molar-refractivity contribution in [2.24, 2.45) is 0 Å². The maximum atomic E-state index is 13.6. The van der Waals surface area contributed by atoms with E-state index in [0.29, 0.717) is 17.1 Å². The Morgan fingerprint density at radius 2 is 1.45 bits per heavy atom. The molecule has 2 N–H and O–H groups in total. The van der Waals surface area contributed by atoms with Crippen LogP contribution in [0.15, 0.2) is 84.9 Å². The number of amides is 2. The fourth-order valence-electron chi connectivity index (χ4n) is 5.77. The molecule has 1 saturated heterocycles. The van der Waals surface area contributed by atoms with Gasteiger partial charge in [-0.1, -0.05) is 54.6 Å². The highest BCUT2D eigenvalue weighted by molar-refractivity contribution is 5.94. The van der Waals surface area contributed by atoms with E-state index in [2.05, 4.69) is 10.6 Å². The van der Waals surface area contributed by atoms with Crippen LogP contribution in [0.3, 0.4) is 0 Å². The van der Waals surface area contributed by atoms with Gasteiger partial charge < -0.3 is 43.8 Å². The Labute approximate surface area is 306 Å². The zero-order valence-electron chi connectivity index (χ0n) is 29.9. The Morgan fingerprint density at radius 1 is 0.811 bits per heavy atom. The summed E-state index contributed by atoms with van der Waals surface area (Å²) in [7, 11) is 1.09. The van der Waals surface area contributed by atoms with Crippen molar-refractivity contribution in [1.82, 2.24) is 10.6 Å². The van der Waals surface area contributed by atoms with Crippen molar-refractivity contribution < 1.29 is 61.9 Å². The third-order valence-electron chi connectivity index (χ3n) is 7.90. The summed E-state index contributed by atoms with van der Waals surface area (Å²) in [5.74, 6) is -6.11. The largest absolute Gasteiger partial charge is 0.465 e. The Hall–Kier alpha value is -5.80. The minimum absolute atomic E-state index is 0.183. The molecule has 0 spiro atoms. The van der Waals surface area contributed by atoms with E-state index in [1.807, 2.05) is 6.07 Å². The smallest absolute Gasteiger partial charge is 0.366 e. The van der Waals surface area contributed by atoms with Crippen molar-refractivity contribution in [1.29, 1.82) is 0 Å². The third-order valence-corrected chi connectivity index (χ3v) is 7.90. The molecular formula is C38H42N2O13. The maximum absolute atomic E-state index is 13.6. The van der Waals surface area contributed by atoms with Crippen LogP contribution in [0.4, 0.5) is 0 Å². The van der Waals surface area contributed by atoms with Crippen molar-refractivity contribution in [3.05, 3.63) is 96.1 Å². The van der Waals surface area contributed by atoms with Gasteiger partial charge in [0.25, 0.3) is 11.7 Å². The first-order valence-electron chi connectivity index (χ1n) is 16.6. The van der Waals surface area contributed by atoms with Crippen molar-refractivity contribution in [3.8, 4) is 11.5 Å². The monoisotopic (exact) mass is 734 g/mol. The predicted octanol–water partition coefficient (Wildman–Crippen LogP) is 3.38. The number of nitrogens with one attached hydrogen (secondary N) is 2. The van der Waals surface area contributed by atoms with Crippen LogP contribution in [-0.2, 0) is 59.0 Å². The van der Waals surface area contributed by atoms with E-state index in [-0.39, 0.29) is 12.2 Å². The van der Waals surface area contributed by atoms with Gasteiger partial charge in [0.2, 0.25) is 5.91 Å². The molecule has 0 bridgehead atoms. The molecule has 15 nitrogen and oxygen atoms in total. The van der Waals surface area contributed by atoms with Crippen LogP contribution in [0.2, 0.25) is 0 Å². The average Bonchev–Trinajstić information content (AvgIpc) is 3.12. The first kappa shape index (κ1) is 40.0. The second-order valence-electron chi connectivity index (χ2n) is 12.1. The highest BCUT2D eigenvalue weighted by Gasteiger charge is 2.59. The van der Waals surface area contributed by atoms with Crippen LogP contribution < -0.4 is 15.4 Å². The maximum Gasteiger partial charge on any atom is 0.366 e. The van der Waals surface area contributed by atoms with Crippen LogP contribution in [0.1, 0.15) is 50.0 Å². The summed E-state index contributed by atoms with van der Waals surface area (Å²) in [4.78, 5) is 77.2. The molecule has 0 radical (unpaired) electrons. The summed E-state index contributed by atoms with van der Waals surface area (Å²) < 4.78 is 40.3. The standard InChI is InChI=1S/C38H42N2O13/c1-23(41)40-33-31(49-24(2)42)20-38(37(46)47-5,48-22-27-13-8-6-9-14-27)53-35(33)34(51-26(4)44)32(50-25(3)43)21-39-36(45)28-15-12-18-30(19-28)52-29-16-10-7-11-17-29/h6-19,31-35H,20-22H2,1-5H3,(H,39,45)(H,40,41)/t31-,32+,33+,34+,35+,38-/m0/s1. The fourth-order valence-corrected chi connectivity index (χ4v) is 5.77. The number of benzene rings is 3. The molecule has 0 aromatic heterocycles. The first-order chi connectivity index (χ1) is 25.3. The van der Waals surface area contributed by atoms with Crippen LogP contribution in [0, 0.1) is 0 Å². The number of rotatable bonds is 15. The zero-order chi connectivity index (χ0) is 38.5. The second-order valence-corrected chi connectivity index (χ2v) is 12.1. The van der Waals surface area contributed by atoms with Crippen molar-refractivity contribution in [3.63, 3.8) is 0 Å². The average molecular weight is 735 g/mol. The molecule has 53 heavy (non-hydrogen) atoms. The number of para-hydroxylation sites is 1. The number of carbonyl (C=O) groups excluding carboxylic acids is 6. The van der Waals surface area contributed by atoms with Gasteiger partial charge >= 0.3 is 23.9 Å². The summed E-state index contributed by atoms with van der Waals surface area (Å²) in [6, 6.07) is 22.7. The molecule has 1 aliphatic heterocycles. The molecule has 0 aliphatic carbocycles. The minimum atomic E-state index is -2.30. The van der Waals surface area contributed by atoms with Gasteiger partial charge in [-0.15, -0.1) is 0 Å². The van der Waals surface area contributed by atoms with E-state index < -0.39 is 84.9 Å². The molecule has 0 unspecified atom stereocenters. The lowest BCUT2D eigenvalue weighted by atomic mass is 9.87. The molecule has 6 atom stereocenters. The van der Waals surface area contributed by atoms with E-state index in [4.69, 9.17) is 33.2 Å². The van der Waals surface area contributed by atoms with E-state index in [1.165, 1.54) is 19.1 Å². The quantitative estimate of drug-likeness (QED) is 0.171. The lowest BCUT2D eigenvalue weighted by Gasteiger charge is -2.48.